The zero-order valence-corrected chi connectivity index (χ0v) is 11.2. The van der Waals surface area contributed by atoms with Crippen LogP contribution in [0, 0.1) is 6.92 Å². The monoisotopic (exact) mass is 261 g/mol. The van der Waals surface area contributed by atoms with Gasteiger partial charge in [0.25, 0.3) is 0 Å². The van der Waals surface area contributed by atoms with E-state index in [0.29, 0.717) is 17.9 Å². The Labute approximate surface area is 110 Å². The number of anilines is 2. The summed E-state index contributed by atoms with van der Waals surface area (Å²) in [5, 5.41) is 2.00. The van der Waals surface area contributed by atoms with Gasteiger partial charge in [-0.1, -0.05) is 0 Å². The van der Waals surface area contributed by atoms with E-state index in [4.69, 9.17) is 5.73 Å². The topological polar surface area (TPSA) is 59.2 Å². The minimum atomic E-state index is 0.0258. The molecule has 2 aromatic rings. The number of aromatic nitrogens is 1. The summed E-state index contributed by atoms with van der Waals surface area (Å²) < 4.78 is 0. The summed E-state index contributed by atoms with van der Waals surface area (Å²) in [6, 6.07) is 5.51. The maximum atomic E-state index is 12.1. The number of aryl methyl sites for hydroxylation is 1. The van der Waals surface area contributed by atoms with Gasteiger partial charge in [-0.15, -0.1) is 11.3 Å². The van der Waals surface area contributed by atoms with Crippen LogP contribution in [0.15, 0.2) is 29.8 Å². The molecule has 0 aliphatic carbocycles. The van der Waals surface area contributed by atoms with Crippen LogP contribution in [0.2, 0.25) is 0 Å². The molecule has 5 heteroatoms. The molecule has 0 fully saturated rings. The number of nitrogen functional groups attached to an aromatic ring is 1. The van der Waals surface area contributed by atoms with Gasteiger partial charge in [-0.05, 0) is 36.1 Å². The third kappa shape index (κ3) is 2.68. The first-order valence-corrected chi connectivity index (χ1v) is 6.47. The van der Waals surface area contributed by atoms with Crippen molar-refractivity contribution in [3.8, 4) is 0 Å². The van der Waals surface area contributed by atoms with Crippen molar-refractivity contribution in [2.45, 2.75) is 13.3 Å². The van der Waals surface area contributed by atoms with Gasteiger partial charge in [0.2, 0.25) is 5.91 Å². The first kappa shape index (κ1) is 12.6. The molecule has 2 aromatic heterocycles. The van der Waals surface area contributed by atoms with Crippen LogP contribution in [0.1, 0.15) is 10.4 Å². The highest BCUT2D eigenvalue weighted by molar-refractivity contribution is 7.10. The maximum absolute atomic E-state index is 12.1. The van der Waals surface area contributed by atoms with Crippen molar-refractivity contribution in [2.75, 3.05) is 17.7 Å². The predicted octanol–water partition coefficient (Wildman–Crippen LogP) is 2.24. The number of carbonyl (C=O) groups excluding carboxylic acids is 1. The van der Waals surface area contributed by atoms with Crippen molar-refractivity contribution >= 4 is 28.7 Å². The molecule has 94 valence electrons. The summed E-state index contributed by atoms with van der Waals surface area (Å²) in [7, 11) is 1.73. The van der Waals surface area contributed by atoms with Crippen molar-refractivity contribution in [3.63, 3.8) is 0 Å². The standard InChI is InChI=1S/C13H15N3OS/c1-9-5-6-18-11(9)7-13(17)16(2)12-4-3-10(14)8-15-12/h3-6,8H,7,14H2,1-2H3. The molecule has 2 N–H and O–H groups in total. The van der Waals surface area contributed by atoms with Gasteiger partial charge < -0.3 is 5.73 Å². The van der Waals surface area contributed by atoms with E-state index in [0.717, 1.165) is 10.4 Å². The molecule has 0 aromatic carbocycles. The Morgan fingerprint density at radius 1 is 1.44 bits per heavy atom. The number of rotatable bonds is 3. The second-order valence-electron chi connectivity index (χ2n) is 4.11. The molecule has 0 saturated heterocycles. The lowest BCUT2D eigenvalue weighted by atomic mass is 10.2. The Balaban J connectivity index is 2.09. The van der Waals surface area contributed by atoms with E-state index in [2.05, 4.69) is 4.98 Å². The van der Waals surface area contributed by atoms with Gasteiger partial charge in [0, 0.05) is 11.9 Å². The van der Waals surface area contributed by atoms with E-state index >= 15 is 0 Å². The molecular formula is C13H15N3OS. The Hall–Kier alpha value is -1.88. The van der Waals surface area contributed by atoms with E-state index < -0.39 is 0 Å². The fourth-order valence-electron chi connectivity index (χ4n) is 1.56. The normalized spacial score (nSPS) is 10.3. The van der Waals surface area contributed by atoms with Crippen LogP contribution in [-0.2, 0) is 11.2 Å². The van der Waals surface area contributed by atoms with Crippen molar-refractivity contribution in [3.05, 3.63) is 40.2 Å². The van der Waals surface area contributed by atoms with Gasteiger partial charge >= 0.3 is 0 Å². The summed E-state index contributed by atoms with van der Waals surface area (Å²) in [5.41, 5.74) is 7.32. The van der Waals surface area contributed by atoms with E-state index in [1.54, 1.807) is 41.6 Å². The predicted molar refractivity (Wildman–Crippen MR) is 74.8 cm³/mol. The average Bonchev–Trinajstić information content (AvgIpc) is 2.75. The molecule has 4 nitrogen and oxygen atoms in total. The zero-order chi connectivity index (χ0) is 13.1. The third-order valence-corrected chi connectivity index (χ3v) is 3.79. The number of hydrogen-bond donors (Lipinski definition) is 1. The summed E-state index contributed by atoms with van der Waals surface area (Å²) in [6.45, 7) is 2.01. The van der Waals surface area contributed by atoms with Gasteiger partial charge in [0.15, 0.2) is 0 Å². The van der Waals surface area contributed by atoms with E-state index in [1.807, 2.05) is 18.4 Å². The second kappa shape index (κ2) is 5.18. The third-order valence-electron chi connectivity index (χ3n) is 2.77. The molecular weight excluding hydrogens is 246 g/mol. The second-order valence-corrected chi connectivity index (χ2v) is 5.11. The van der Waals surface area contributed by atoms with Crippen LogP contribution in [-0.4, -0.2) is 17.9 Å². The van der Waals surface area contributed by atoms with Crippen LogP contribution in [0.3, 0.4) is 0 Å². The molecule has 0 spiro atoms. The fourth-order valence-corrected chi connectivity index (χ4v) is 2.46. The highest BCUT2D eigenvalue weighted by atomic mass is 32.1. The zero-order valence-electron chi connectivity index (χ0n) is 10.4. The minimum absolute atomic E-state index is 0.0258. The average molecular weight is 261 g/mol. The molecule has 0 aliphatic heterocycles. The maximum Gasteiger partial charge on any atom is 0.233 e. The minimum Gasteiger partial charge on any atom is -0.397 e. The lowest BCUT2D eigenvalue weighted by Crippen LogP contribution is -2.28. The molecule has 0 radical (unpaired) electrons. The van der Waals surface area contributed by atoms with Crippen molar-refractivity contribution < 1.29 is 4.79 Å². The molecule has 2 heterocycles. The smallest absolute Gasteiger partial charge is 0.233 e. The SMILES string of the molecule is Cc1ccsc1CC(=O)N(C)c1ccc(N)cn1. The van der Waals surface area contributed by atoms with E-state index in [9.17, 15) is 4.79 Å². The largest absolute Gasteiger partial charge is 0.397 e. The quantitative estimate of drug-likeness (QED) is 0.921. The number of thiophene rings is 1. The van der Waals surface area contributed by atoms with Gasteiger partial charge in [0.1, 0.15) is 5.82 Å². The Bertz CT molecular complexity index is 548. The summed E-state index contributed by atoms with van der Waals surface area (Å²) in [6.07, 6.45) is 1.96. The number of amides is 1. The Morgan fingerprint density at radius 3 is 2.78 bits per heavy atom. The lowest BCUT2D eigenvalue weighted by Gasteiger charge is -2.16. The molecule has 1 amide bonds. The number of nitrogens with zero attached hydrogens (tertiary/aromatic N) is 2. The first-order valence-electron chi connectivity index (χ1n) is 5.59. The molecule has 0 saturated carbocycles. The number of nitrogens with two attached hydrogens (primary N) is 1. The van der Waals surface area contributed by atoms with Crippen LogP contribution < -0.4 is 10.6 Å². The first-order chi connectivity index (χ1) is 8.58. The number of likely N-dealkylation sites (N-methyl/N-ethyl adjacent to an activating group) is 1. The summed E-state index contributed by atoms with van der Waals surface area (Å²) >= 11 is 1.61. The lowest BCUT2D eigenvalue weighted by molar-refractivity contribution is -0.117. The van der Waals surface area contributed by atoms with Crippen LogP contribution in [0.4, 0.5) is 11.5 Å². The van der Waals surface area contributed by atoms with Gasteiger partial charge in [-0.3, -0.25) is 9.69 Å². The van der Waals surface area contributed by atoms with E-state index in [-0.39, 0.29) is 5.91 Å². The molecule has 0 unspecified atom stereocenters. The van der Waals surface area contributed by atoms with Gasteiger partial charge in [-0.25, -0.2) is 4.98 Å². The molecule has 0 atom stereocenters. The molecule has 18 heavy (non-hydrogen) atoms. The van der Waals surface area contributed by atoms with Crippen molar-refractivity contribution in [1.82, 2.24) is 4.98 Å². The summed E-state index contributed by atoms with van der Waals surface area (Å²) in [4.78, 5) is 18.9. The van der Waals surface area contributed by atoms with Crippen LogP contribution >= 0.6 is 11.3 Å². The van der Waals surface area contributed by atoms with E-state index in [1.165, 1.54) is 0 Å². The van der Waals surface area contributed by atoms with Gasteiger partial charge in [-0.2, -0.15) is 0 Å². The molecule has 0 aliphatic rings. The Morgan fingerprint density at radius 2 is 2.22 bits per heavy atom. The fraction of sp³-hybridized carbons (Fsp3) is 0.231. The van der Waals surface area contributed by atoms with Crippen LogP contribution in [0.5, 0.6) is 0 Å². The molecule has 2 rings (SSSR count). The Kier molecular flexibility index (Phi) is 3.62. The highest BCUT2D eigenvalue weighted by Crippen LogP contribution is 2.18. The van der Waals surface area contributed by atoms with Crippen LogP contribution in [0.25, 0.3) is 0 Å². The number of hydrogen-bond acceptors (Lipinski definition) is 4. The number of carbonyl (C=O) groups is 1. The van der Waals surface area contributed by atoms with Crippen molar-refractivity contribution in [2.24, 2.45) is 0 Å². The molecule has 0 bridgehead atoms. The van der Waals surface area contributed by atoms with Gasteiger partial charge in [0.05, 0.1) is 18.3 Å². The number of pyridine rings is 1. The summed E-state index contributed by atoms with van der Waals surface area (Å²) in [5.74, 6) is 0.640. The highest BCUT2D eigenvalue weighted by Gasteiger charge is 2.14. The van der Waals surface area contributed by atoms with Crippen molar-refractivity contribution in [1.29, 1.82) is 0 Å².